The molecule has 0 spiro atoms. The van der Waals surface area contributed by atoms with Gasteiger partial charge in [-0.2, -0.15) is 5.10 Å². The maximum absolute atomic E-state index is 12.2. The number of rotatable bonds is 6. The van der Waals surface area contributed by atoms with Crippen LogP contribution in [-0.4, -0.2) is 34.9 Å². The van der Waals surface area contributed by atoms with Crippen LogP contribution in [0.5, 0.6) is 11.5 Å². The number of nitrogens with one attached hydrogen (secondary N) is 1. The summed E-state index contributed by atoms with van der Waals surface area (Å²) in [4.78, 5) is 16.6. The maximum atomic E-state index is 12.2. The summed E-state index contributed by atoms with van der Waals surface area (Å²) in [5.41, 5.74) is 2.21. The number of benzene rings is 1. The lowest BCUT2D eigenvalue weighted by molar-refractivity contribution is -0.111. The Labute approximate surface area is 157 Å². The smallest absolute Gasteiger partial charge is 0.248 e. The van der Waals surface area contributed by atoms with Crippen LogP contribution in [0.4, 0.5) is 5.69 Å². The molecule has 0 saturated heterocycles. The van der Waals surface area contributed by atoms with Gasteiger partial charge in [-0.1, -0.05) is 0 Å². The molecule has 140 valence electrons. The molecule has 0 radical (unpaired) electrons. The Morgan fingerprint density at radius 3 is 2.44 bits per heavy atom. The quantitative estimate of drug-likeness (QED) is 0.673. The number of amides is 1. The summed E-state index contributed by atoms with van der Waals surface area (Å²) in [5.74, 6) is 1.06. The van der Waals surface area contributed by atoms with Crippen LogP contribution in [0.15, 0.2) is 42.7 Å². The van der Waals surface area contributed by atoms with Crippen molar-refractivity contribution < 1.29 is 14.3 Å². The summed E-state index contributed by atoms with van der Waals surface area (Å²) in [7, 11) is 3.17. The molecule has 0 aliphatic rings. The second-order valence-corrected chi connectivity index (χ2v) is 6.29. The summed E-state index contributed by atoms with van der Waals surface area (Å²) in [6.07, 6.45) is 6.53. The molecule has 1 amide bonds. The Morgan fingerprint density at radius 2 is 1.81 bits per heavy atom. The molecule has 7 heteroatoms. The van der Waals surface area contributed by atoms with Crippen LogP contribution in [0, 0.1) is 0 Å². The molecule has 1 N–H and O–H groups in total. The van der Waals surface area contributed by atoms with Crippen molar-refractivity contribution in [3.8, 4) is 11.5 Å². The molecule has 0 aliphatic heterocycles. The molecule has 2 aromatic heterocycles. The van der Waals surface area contributed by atoms with E-state index in [9.17, 15) is 4.79 Å². The Hall–Kier alpha value is -3.35. The lowest BCUT2D eigenvalue weighted by Crippen LogP contribution is -2.08. The average Bonchev–Trinajstić information content (AvgIpc) is 3.09. The van der Waals surface area contributed by atoms with Crippen LogP contribution in [0.1, 0.15) is 25.5 Å². The average molecular weight is 366 g/mol. The summed E-state index contributed by atoms with van der Waals surface area (Å²) < 4.78 is 12.3. The lowest BCUT2D eigenvalue weighted by atomic mass is 10.2. The van der Waals surface area contributed by atoms with E-state index in [1.807, 2.05) is 36.7 Å². The molecule has 7 nitrogen and oxygen atoms in total. The third-order valence-electron chi connectivity index (χ3n) is 3.99. The number of aromatic nitrogens is 3. The van der Waals surface area contributed by atoms with Gasteiger partial charge in [0.1, 0.15) is 11.5 Å². The van der Waals surface area contributed by atoms with E-state index in [0.29, 0.717) is 17.2 Å². The highest BCUT2D eigenvalue weighted by Gasteiger charge is 2.08. The van der Waals surface area contributed by atoms with E-state index in [-0.39, 0.29) is 11.9 Å². The molecule has 3 rings (SSSR count). The number of pyridine rings is 1. The predicted molar refractivity (Wildman–Crippen MR) is 105 cm³/mol. The highest BCUT2D eigenvalue weighted by atomic mass is 16.5. The molecule has 0 fully saturated rings. The largest absolute Gasteiger partial charge is 0.497 e. The summed E-state index contributed by atoms with van der Waals surface area (Å²) >= 11 is 0. The van der Waals surface area contributed by atoms with E-state index < -0.39 is 0 Å². The molecular formula is C20H22N4O3. The summed E-state index contributed by atoms with van der Waals surface area (Å²) in [6.45, 7) is 4.09. The van der Waals surface area contributed by atoms with Gasteiger partial charge in [0.2, 0.25) is 5.91 Å². The molecule has 0 unspecified atom stereocenters. The van der Waals surface area contributed by atoms with E-state index in [4.69, 9.17) is 9.47 Å². The second kappa shape index (κ2) is 7.90. The van der Waals surface area contributed by atoms with Crippen molar-refractivity contribution in [2.45, 2.75) is 19.9 Å². The van der Waals surface area contributed by atoms with Crippen molar-refractivity contribution in [2.24, 2.45) is 0 Å². The van der Waals surface area contributed by atoms with Crippen molar-refractivity contribution in [1.29, 1.82) is 0 Å². The number of fused-ring (bicyclic) bond motifs is 1. The van der Waals surface area contributed by atoms with Gasteiger partial charge in [-0.25, -0.2) is 9.67 Å². The van der Waals surface area contributed by atoms with Crippen LogP contribution >= 0.6 is 0 Å². The zero-order valence-electron chi connectivity index (χ0n) is 15.8. The SMILES string of the molecule is COc1cc(/C=C/C(=O)Nc2cnc3c(cnn3C(C)C)c2)cc(OC)c1. The van der Waals surface area contributed by atoms with Crippen molar-refractivity contribution >= 4 is 28.7 Å². The first-order valence-electron chi connectivity index (χ1n) is 8.55. The van der Waals surface area contributed by atoms with Crippen molar-refractivity contribution in [3.05, 3.63) is 48.3 Å². The van der Waals surface area contributed by atoms with Gasteiger partial charge >= 0.3 is 0 Å². The van der Waals surface area contributed by atoms with Gasteiger partial charge in [-0.3, -0.25) is 4.79 Å². The lowest BCUT2D eigenvalue weighted by Gasteiger charge is -2.07. The van der Waals surface area contributed by atoms with E-state index in [2.05, 4.69) is 15.4 Å². The maximum Gasteiger partial charge on any atom is 0.248 e. The minimum Gasteiger partial charge on any atom is -0.497 e. The fourth-order valence-corrected chi connectivity index (χ4v) is 2.67. The fourth-order valence-electron chi connectivity index (χ4n) is 2.67. The van der Waals surface area contributed by atoms with Gasteiger partial charge < -0.3 is 14.8 Å². The zero-order valence-corrected chi connectivity index (χ0v) is 15.8. The Bertz CT molecular complexity index is 970. The first-order valence-corrected chi connectivity index (χ1v) is 8.55. The van der Waals surface area contributed by atoms with Crippen LogP contribution in [-0.2, 0) is 4.79 Å². The van der Waals surface area contributed by atoms with Crippen molar-refractivity contribution in [1.82, 2.24) is 14.8 Å². The van der Waals surface area contributed by atoms with Crippen LogP contribution in [0.3, 0.4) is 0 Å². The van der Waals surface area contributed by atoms with Gasteiger partial charge in [0.25, 0.3) is 0 Å². The molecule has 2 heterocycles. The van der Waals surface area contributed by atoms with E-state index in [1.54, 1.807) is 38.8 Å². The molecular weight excluding hydrogens is 344 g/mol. The van der Waals surface area contributed by atoms with Gasteiger partial charge in [0.05, 0.1) is 32.3 Å². The molecule has 0 saturated carbocycles. The van der Waals surface area contributed by atoms with E-state index >= 15 is 0 Å². The number of nitrogens with zero attached hydrogens (tertiary/aromatic N) is 3. The van der Waals surface area contributed by atoms with Crippen LogP contribution < -0.4 is 14.8 Å². The molecule has 27 heavy (non-hydrogen) atoms. The third kappa shape index (κ3) is 4.25. The van der Waals surface area contributed by atoms with E-state index in [0.717, 1.165) is 16.6 Å². The van der Waals surface area contributed by atoms with Crippen LogP contribution in [0.2, 0.25) is 0 Å². The Balaban J connectivity index is 1.74. The standard InChI is InChI=1S/C20H22N4O3/c1-13(2)24-20-15(11-22-24)9-16(12-21-20)23-19(25)6-5-14-7-17(26-3)10-18(8-14)27-4/h5-13H,1-4H3,(H,23,25)/b6-5+. The Kier molecular flexibility index (Phi) is 5.40. The van der Waals surface area contributed by atoms with Gasteiger partial charge in [0.15, 0.2) is 5.65 Å². The third-order valence-corrected chi connectivity index (χ3v) is 3.99. The Morgan fingerprint density at radius 1 is 1.11 bits per heavy atom. The normalized spacial score (nSPS) is 11.3. The fraction of sp³-hybridized carbons (Fsp3) is 0.250. The zero-order chi connectivity index (χ0) is 19.4. The van der Waals surface area contributed by atoms with Crippen molar-refractivity contribution in [2.75, 3.05) is 19.5 Å². The first-order chi connectivity index (χ1) is 13.0. The number of carbonyl (C=O) groups excluding carboxylic acids is 1. The van der Waals surface area contributed by atoms with Gasteiger partial charge in [-0.05, 0) is 43.7 Å². The number of carbonyl (C=O) groups is 1. The monoisotopic (exact) mass is 366 g/mol. The highest BCUT2D eigenvalue weighted by molar-refractivity contribution is 6.02. The van der Waals surface area contributed by atoms with Crippen molar-refractivity contribution in [3.63, 3.8) is 0 Å². The van der Waals surface area contributed by atoms with E-state index in [1.165, 1.54) is 6.08 Å². The minimum absolute atomic E-state index is 0.221. The molecule has 0 bridgehead atoms. The van der Waals surface area contributed by atoms with Gasteiger partial charge in [-0.15, -0.1) is 0 Å². The number of hydrogen-bond donors (Lipinski definition) is 1. The number of hydrogen-bond acceptors (Lipinski definition) is 5. The first kappa shape index (κ1) is 18.4. The molecule has 0 aliphatic carbocycles. The molecule has 1 aromatic carbocycles. The van der Waals surface area contributed by atoms with Crippen LogP contribution in [0.25, 0.3) is 17.1 Å². The molecule has 3 aromatic rings. The predicted octanol–water partition coefficient (Wildman–Crippen LogP) is 3.68. The molecule has 0 atom stereocenters. The topological polar surface area (TPSA) is 78.3 Å². The summed E-state index contributed by atoms with van der Waals surface area (Å²) in [5, 5.41) is 8.02. The second-order valence-electron chi connectivity index (χ2n) is 6.29. The van der Waals surface area contributed by atoms with Gasteiger partial charge in [0, 0.05) is 23.6 Å². The minimum atomic E-state index is -0.255. The summed E-state index contributed by atoms with van der Waals surface area (Å²) in [6, 6.07) is 7.49. The number of anilines is 1. The number of ether oxygens (including phenoxy) is 2. The number of methoxy groups -OCH3 is 2. The highest BCUT2D eigenvalue weighted by Crippen LogP contribution is 2.23.